The van der Waals surface area contributed by atoms with Gasteiger partial charge in [-0.3, -0.25) is 14.5 Å². The van der Waals surface area contributed by atoms with Gasteiger partial charge in [-0.15, -0.1) is 11.3 Å². The molecule has 2 amide bonds. The predicted molar refractivity (Wildman–Crippen MR) is 159 cm³/mol. The molecule has 3 aromatic rings. The van der Waals surface area contributed by atoms with E-state index in [-0.39, 0.29) is 34.4 Å². The maximum atomic E-state index is 13.2. The zero-order chi connectivity index (χ0) is 29.0. The molecular formula is C29H26F3N3O3S3. The number of ether oxygens (including phenoxy) is 1. The fraction of sp³-hybridized carbons (Fsp3) is 0.310. The van der Waals surface area contributed by atoms with E-state index < -0.39 is 17.6 Å². The Morgan fingerprint density at radius 1 is 1.15 bits per heavy atom. The third-order valence-electron chi connectivity index (χ3n) is 6.66. The number of carbonyl (C=O) groups excluding carboxylic acids is 2. The second-order valence-electron chi connectivity index (χ2n) is 9.74. The first-order chi connectivity index (χ1) is 19.7. The van der Waals surface area contributed by atoms with Gasteiger partial charge in [0, 0.05) is 23.1 Å². The zero-order valence-electron chi connectivity index (χ0n) is 21.8. The largest absolute Gasteiger partial charge is 0.490 e. The lowest BCUT2D eigenvalue weighted by Crippen LogP contribution is -2.36. The Morgan fingerprint density at radius 3 is 2.71 bits per heavy atom. The van der Waals surface area contributed by atoms with Crippen molar-refractivity contribution in [1.82, 2.24) is 9.88 Å². The number of anilines is 1. The third-order valence-corrected chi connectivity index (χ3v) is 8.95. The number of hydrogen-bond acceptors (Lipinski definition) is 7. The van der Waals surface area contributed by atoms with Crippen LogP contribution >= 0.6 is 35.3 Å². The first-order valence-corrected chi connectivity index (χ1v) is 15.1. The van der Waals surface area contributed by atoms with Gasteiger partial charge in [-0.05, 0) is 49.5 Å². The van der Waals surface area contributed by atoms with Crippen molar-refractivity contribution in [2.24, 2.45) is 0 Å². The van der Waals surface area contributed by atoms with Crippen LogP contribution < -0.4 is 10.1 Å². The minimum absolute atomic E-state index is 0.160. The number of para-hydroxylation sites is 1. The van der Waals surface area contributed by atoms with Gasteiger partial charge in [-0.2, -0.15) is 13.2 Å². The van der Waals surface area contributed by atoms with Crippen molar-refractivity contribution in [3.8, 4) is 5.75 Å². The molecule has 0 bridgehead atoms. The third kappa shape index (κ3) is 7.55. The maximum Gasteiger partial charge on any atom is 0.416 e. The van der Waals surface area contributed by atoms with Gasteiger partial charge in [0.15, 0.2) is 5.13 Å². The summed E-state index contributed by atoms with van der Waals surface area (Å²) >= 11 is 7.68. The van der Waals surface area contributed by atoms with Crippen LogP contribution in [0.15, 0.2) is 59.6 Å². The summed E-state index contributed by atoms with van der Waals surface area (Å²) in [6.45, 7) is -0.287. The van der Waals surface area contributed by atoms with Crippen molar-refractivity contribution in [3.63, 3.8) is 0 Å². The van der Waals surface area contributed by atoms with Gasteiger partial charge in [0.25, 0.3) is 5.91 Å². The molecule has 0 radical (unpaired) electrons. The SMILES string of the molecule is O=C(CN1C(=O)/C(=C/c2ccccc2OC2CCCCC2)SC1=S)Nc1ncc(Cc2cccc(C(F)(F)F)c2)s1. The number of thiazole rings is 1. The van der Waals surface area contributed by atoms with Gasteiger partial charge in [0.05, 0.1) is 16.6 Å². The van der Waals surface area contributed by atoms with Gasteiger partial charge in [0.1, 0.15) is 16.6 Å². The van der Waals surface area contributed by atoms with Crippen LogP contribution in [-0.2, 0) is 22.2 Å². The van der Waals surface area contributed by atoms with E-state index in [0.717, 1.165) is 66.5 Å². The molecule has 0 spiro atoms. The lowest BCUT2D eigenvalue weighted by molar-refractivity contribution is -0.137. The van der Waals surface area contributed by atoms with Crippen LogP contribution in [0.2, 0.25) is 0 Å². The summed E-state index contributed by atoms with van der Waals surface area (Å²) < 4.78 is 45.5. The number of alkyl halides is 3. The molecule has 41 heavy (non-hydrogen) atoms. The van der Waals surface area contributed by atoms with Crippen molar-refractivity contribution in [2.75, 3.05) is 11.9 Å². The highest BCUT2D eigenvalue weighted by atomic mass is 32.2. The Bertz CT molecular complexity index is 1480. The van der Waals surface area contributed by atoms with Crippen molar-refractivity contribution in [1.29, 1.82) is 0 Å². The summed E-state index contributed by atoms with van der Waals surface area (Å²) in [5.41, 5.74) is 0.543. The standard InChI is InChI=1S/C29H26F3N3O3S3/c30-29(31,32)20-9-6-7-18(13-20)14-22-16-33-27(40-22)34-25(36)17-35-26(37)24(41-28(35)39)15-19-8-4-5-12-23(19)38-21-10-2-1-3-11-21/h4-9,12-13,15-16,21H,1-3,10-11,14,17H2,(H,33,34,36)/b24-15-. The summed E-state index contributed by atoms with van der Waals surface area (Å²) in [6, 6.07) is 12.6. The number of nitrogens with one attached hydrogen (secondary N) is 1. The van der Waals surface area contributed by atoms with Gasteiger partial charge < -0.3 is 10.1 Å². The molecule has 1 aromatic heterocycles. The molecule has 2 heterocycles. The molecule has 12 heteroatoms. The van der Waals surface area contributed by atoms with E-state index in [4.69, 9.17) is 17.0 Å². The number of amides is 2. The monoisotopic (exact) mass is 617 g/mol. The van der Waals surface area contributed by atoms with E-state index in [1.807, 2.05) is 24.3 Å². The van der Waals surface area contributed by atoms with E-state index in [2.05, 4.69) is 10.3 Å². The molecule has 1 saturated carbocycles. The van der Waals surface area contributed by atoms with Gasteiger partial charge >= 0.3 is 6.18 Å². The molecular weight excluding hydrogens is 592 g/mol. The highest BCUT2D eigenvalue weighted by Gasteiger charge is 2.34. The normalized spacial score (nSPS) is 17.3. The summed E-state index contributed by atoms with van der Waals surface area (Å²) in [7, 11) is 0. The molecule has 1 N–H and O–H groups in total. The number of aromatic nitrogens is 1. The Morgan fingerprint density at radius 2 is 1.93 bits per heavy atom. The number of rotatable bonds is 8. The molecule has 214 valence electrons. The van der Waals surface area contributed by atoms with Crippen LogP contribution in [0.3, 0.4) is 0 Å². The smallest absolute Gasteiger partial charge is 0.416 e. The first kappa shape index (κ1) is 29.3. The lowest BCUT2D eigenvalue weighted by atomic mass is 9.97. The van der Waals surface area contributed by atoms with E-state index in [9.17, 15) is 22.8 Å². The van der Waals surface area contributed by atoms with Crippen molar-refractivity contribution in [3.05, 3.63) is 81.2 Å². The second kappa shape index (κ2) is 12.7. The van der Waals surface area contributed by atoms with E-state index >= 15 is 0 Å². The minimum atomic E-state index is -4.42. The predicted octanol–water partition coefficient (Wildman–Crippen LogP) is 7.30. The number of nitrogens with zero attached hydrogens (tertiary/aromatic N) is 2. The van der Waals surface area contributed by atoms with Gasteiger partial charge in [0.2, 0.25) is 5.91 Å². The average Bonchev–Trinajstić information content (AvgIpc) is 3.48. The molecule has 5 rings (SSSR count). The Labute approximate surface area is 249 Å². The summed E-state index contributed by atoms with van der Waals surface area (Å²) in [6.07, 6.45) is 4.77. The van der Waals surface area contributed by atoms with Crippen LogP contribution in [0.1, 0.15) is 53.7 Å². The molecule has 0 atom stereocenters. The molecule has 1 saturated heterocycles. The Balaban J connectivity index is 1.20. The number of thiocarbonyl (C=S) groups is 1. The topological polar surface area (TPSA) is 71.5 Å². The molecule has 1 aliphatic heterocycles. The van der Waals surface area contributed by atoms with Crippen LogP contribution in [0.4, 0.5) is 18.3 Å². The van der Waals surface area contributed by atoms with E-state index in [0.29, 0.717) is 21.1 Å². The average molecular weight is 618 g/mol. The molecule has 1 aliphatic carbocycles. The fourth-order valence-corrected chi connectivity index (χ4v) is 6.76. The fourth-order valence-electron chi connectivity index (χ4n) is 4.66. The molecule has 2 fully saturated rings. The van der Waals surface area contributed by atoms with Crippen LogP contribution in [0.5, 0.6) is 5.75 Å². The second-order valence-corrected chi connectivity index (χ2v) is 12.5. The lowest BCUT2D eigenvalue weighted by Gasteiger charge is -2.23. The molecule has 2 aliphatic rings. The molecule has 6 nitrogen and oxygen atoms in total. The number of thioether (sulfide) groups is 1. The highest BCUT2D eigenvalue weighted by molar-refractivity contribution is 8.26. The number of benzene rings is 2. The first-order valence-electron chi connectivity index (χ1n) is 13.1. The molecule has 0 unspecified atom stereocenters. The van der Waals surface area contributed by atoms with Crippen molar-refractivity contribution in [2.45, 2.75) is 50.8 Å². The number of hydrogen-bond donors (Lipinski definition) is 1. The zero-order valence-corrected chi connectivity index (χ0v) is 24.2. The van der Waals surface area contributed by atoms with Crippen molar-refractivity contribution >= 4 is 62.7 Å². The highest BCUT2D eigenvalue weighted by Crippen LogP contribution is 2.35. The van der Waals surface area contributed by atoms with Crippen LogP contribution in [0, 0.1) is 0 Å². The summed E-state index contributed by atoms with van der Waals surface area (Å²) in [5.74, 6) is -0.136. The minimum Gasteiger partial charge on any atom is -0.490 e. The van der Waals surface area contributed by atoms with E-state index in [1.165, 1.54) is 23.6 Å². The maximum absolute atomic E-state index is 13.2. The summed E-state index contributed by atoms with van der Waals surface area (Å²) in [4.78, 5) is 32.4. The number of halogens is 3. The number of carbonyl (C=O) groups is 2. The van der Waals surface area contributed by atoms with Gasteiger partial charge in [-0.25, -0.2) is 4.98 Å². The Hall–Kier alpha value is -3.22. The molecule has 2 aromatic carbocycles. The van der Waals surface area contributed by atoms with Crippen LogP contribution in [0.25, 0.3) is 6.08 Å². The quantitative estimate of drug-likeness (QED) is 0.211. The van der Waals surface area contributed by atoms with Crippen LogP contribution in [-0.4, -0.2) is 38.7 Å². The van der Waals surface area contributed by atoms with Crippen molar-refractivity contribution < 1.29 is 27.5 Å². The van der Waals surface area contributed by atoms with E-state index in [1.54, 1.807) is 12.1 Å². The summed E-state index contributed by atoms with van der Waals surface area (Å²) in [5, 5.41) is 2.94. The Kier molecular flexibility index (Phi) is 9.10. The van der Waals surface area contributed by atoms with Gasteiger partial charge in [-0.1, -0.05) is 66.8 Å².